The Morgan fingerprint density at radius 2 is 0.958 bits per heavy atom. The summed E-state index contributed by atoms with van der Waals surface area (Å²) in [7, 11) is 0. The summed E-state index contributed by atoms with van der Waals surface area (Å²) in [4.78, 5) is 62.9. The highest BCUT2D eigenvalue weighted by atomic mass is 16.2. The lowest BCUT2D eigenvalue weighted by Gasteiger charge is -2.24. The number of nitrogens with zero attached hydrogens (tertiary/aromatic N) is 4. The van der Waals surface area contributed by atoms with Crippen molar-refractivity contribution in [3.8, 4) is 0 Å². The van der Waals surface area contributed by atoms with E-state index in [1.807, 2.05) is 72.8 Å². The molecular weight excluding hydrogens is 604 g/mol. The average molecular weight is 639 g/mol. The van der Waals surface area contributed by atoms with Gasteiger partial charge in [0.05, 0.1) is 12.8 Å². The highest BCUT2D eigenvalue weighted by molar-refractivity contribution is 6.00. The van der Waals surface area contributed by atoms with Gasteiger partial charge in [0.2, 0.25) is 11.8 Å². The molecule has 0 unspecified atom stereocenters. The Labute approximate surface area is 278 Å². The van der Waals surface area contributed by atoms with E-state index in [4.69, 9.17) is 0 Å². The normalized spacial score (nSPS) is 16.8. The molecule has 240 valence electrons. The summed E-state index contributed by atoms with van der Waals surface area (Å²) in [6.45, 7) is 0.786. The van der Waals surface area contributed by atoms with Gasteiger partial charge in [0.1, 0.15) is 12.1 Å². The number of carbonyl (C=O) groups is 4. The van der Waals surface area contributed by atoms with Crippen LogP contribution in [0.25, 0.3) is 12.2 Å². The van der Waals surface area contributed by atoms with E-state index in [1.54, 1.807) is 71.0 Å². The Kier molecular flexibility index (Phi) is 9.91. The van der Waals surface area contributed by atoms with Gasteiger partial charge < -0.3 is 20.4 Å². The molecule has 48 heavy (non-hydrogen) atoms. The zero-order chi connectivity index (χ0) is 33.3. The van der Waals surface area contributed by atoms with E-state index in [0.717, 1.165) is 22.3 Å². The molecule has 0 fully saturated rings. The second kappa shape index (κ2) is 15.0. The third-order valence-electron chi connectivity index (χ3n) is 8.12. The van der Waals surface area contributed by atoms with E-state index in [0.29, 0.717) is 24.5 Å². The first-order valence-corrected chi connectivity index (χ1v) is 15.6. The highest BCUT2D eigenvalue weighted by Crippen LogP contribution is 2.19. The van der Waals surface area contributed by atoms with Gasteiger partial charge in [-0.1, -0.05) is 60.7 Å². The van der Waals surface area contributed by atoms with Gasteiger partial charge in [-0.2, -0.15) is 0 Å². The molecule has 10 heteroatoms. The van der Waals surface area contributed by atoms with Crippen LogP contribution in [-0.4, -0.2) is 68.6 Å². The van der Waals surface area contributed by atoms with Gasteiger partial charge in [0.15, 0.2) is 0 Å². The summed E-state index contributed by atoms with van der Waals surface area (Å²) in [5.74, 6) is -0.778. The minimum absolute atomic E-state index is 0.121. The Bertz CT molecular complexity index is 1720. The van der Waals surface area contributed by atoms with Crippen LogP contribution in [-0.2, 0) is 32.0 Å². The third-order valence-corrected chi connectivity index (χ3v) is 8.12. The molecule has 2 atom stereocenters. The molecule has 10 nitrogen and oxygen atoms in total. The van der Waals surface area contributed by atoms with E-state index >= 15 is 0 Å². The molecule has 0 radical (unpaired) electrons. The van der Waals surface area contributed by atoms with Crippen LogP contribution in [0.15, 0.2) is 122 Å². The summed E-state index contributed by atoms with van der Waals surface area (Å²) in [5, 5.41) is 5.83. The molecule has 0 bridgehead atoms. The third kappa shape index (κ3) is 7.97. The lowest BCUT2D eigenvalue weighted by atomic mass is 10.1. The summed E-state index contributed by atoms with van der Waals surface area (Å²) in [6, 6.07) is 20.7. The number of rotatable bonds is 10. The van der Waals surface area contributed by atoms with Crippen molar-refractivity contribution >= 4 is 47.2 Å². The standard InChI is InChI=1S/C38H34N6O4/c45-35(25-29-15-19-39-20-16-29)43-23-1-3-33(43)37(47)41-31-11-7-27(8-12-31)5-6-28-9-13-32(14-10-28)42-38(48)34-4-2-24-44(34)36(46)26-30-17-21-40-22-18-30/h1-22,33-34H,23-26H2,(H,41,47)(H,42,48)/t33-,34-/m0/s1. The minimum Gasteiger partial charge on any atom is -0.324 e. The molecule has 2 aliphatic heterocycles. The van der Waals surface area contributed by atoms with Crippen LogP contribution in [0, 0.1) is 0 Å². The average Bonchev–Trinajstić information content (AvgIpc) is 3.81. The van der Waals surface area contributed by atoms with Crippen LogP contribution >= 0.6 is 0 Å². The molecule has 6 rings (SSSR count). The number of hydrogen-bond donors (Lipinski definition) is 2. The van der Waals surface area contributed by atoms with Crippen molar-refractivity contribution in [1.82, 2.24) is 19.8 Å². The minimum atomic E-state index is -0.666. The maximum absolute atomic E-state index is 13.0. The lowest BCUT2D eigenvalue weighted by molar-refractivity contribution is -0.135. The second-order valence-corrected chi connectivity index (χ2v) is 11.5. The molecule has 0 spiro atoms. The number of hydrogen-bond acceptors (Lipinski definition) is 6. The summed E-state index contributed by atoms with van der Waals surface area (Å²) in [6.07, 6.45) is 18.1. The van der Waals surface area contributed by atoms with E-state index in [1.165, 1.54) is 0 Å². The molecule has 4 heterocycles. The van der Waals surface area contributed by atoms with E-state index in [9.17, 15) is 19.2 Å². The van der Waals surface area contributed by atoms with Crippen LogP contribution in [0.2, 0.25) is 0 Å². The van der Waals surface area contributed by atoms with Crippen molar-refractivity contribution in [2.24, 2.45) is 0 Å². The van der Waals surface area contributed by atoms with Crippen molar-refractivity contribution in [2.75, 3.05) is 23.7 Å². The lowest BCUT2D eigenvalue weighted by Crippen LogP contribution is -2.44. The van der Waals surface area contributed by atoms with E-state index in [2.05, 4.69) is 20.6 Å². The summed E-state index contributed by atoms with van der Waals surface area (Å²) in [5.41, 5.74) is 4.84. The molecule has 2 aliphatic rings. The maximum atomic E-state index is 13.0. The molecule has 4 amide bonds. The Hall–Kier alpha value is -6.16. The van der Waals surface area contributed by atoms with E-state index in [-0.39, 0.29) is 36.5 Å². The topological polar surface area (TPSA) is 125 Å². The van der Waals surface area contributed by atoms with Crippen LogP contribution < -0.4 is 10.6 Å². The monoisotopic (exact) mass is 638 g/mol. The van der Waals surface area contributed by atoms with E-state index < -0.39 is 12.1 Å². The van der Waals surface area contributed by atoms with Crippen molar-refractivity contribution in [3.63, 3.8) is 0 Å². The number of anilines is 2. The van der Waals surface area contributed by atoms with Crippen molar-refractivity contribution in [1.29, 1.82) is 0 Å². The number of pyridine rings is 2. The molecular formula is C38H34N6O4. The smallest absolute Gasteiger partial charge is 0.251 e. The van der Waals surface area contributed by atoms with Crippen LogP contribution in [0.1, 0.15) is 22.3 Å². The van der Waals surface area contributed by atoms with Gasteiger partial charge >= 0.3 is 0 Å². The number of carbonyl (C=O) groups excluding carboxylic acids is 4. The number of nitrogens with one attached hydrogen (secondary N) is 2. The quantitative estimate of drug-likeness (QED) is 0.194. The van der Waals surface area contributed by atoms with Crippen molar-refractivity contribution < 1.29 is 19.2 Å². The van der Waals surface area contributed by atoms with Gasteiger partial charge in [-0.25, -0.2) is 0 Å². The first-order chi connectivity index (χ1) is 23.4. The first kappa shape index (κ1) is 31.8. The van der Waals surface area contributed by atoms with Gasteiger partial charge in [-0.15, -0.1) is 0 Å². The summed E-state index contributed by atoms with van der Waals surface area (Å²) < 4.78 is 0. The predicted molar refractivity (Wildman–Crippen MR) is 184 cm³/mol. The fourth-order valence-electron chi connectivity index (χ4n) is 5.55. The van der Waals surface area contributed by atoms with Crippen LogP contribution in [0.4, 0.5) is 11.4 Å². The molecule has 0 aliphatic carbocycles. The van der Waals surface area contributed by atoms with Crippen molar-refractivity contribution in [2.45, 2.75) is 24.9 Å². The molecule has 4 aromatic rings. The Morgan fingerprint density at radius 1 is 0.583 bits per heavy atom. The molecule has 2 N–H and O–H groups in total. The Balaban J connectivity index is 0.988. The molecule has 2 aromatic heterocycles. The zero-order valence-corrected chi connectivity index (χ0v) is 26.1. The number of benzene rings is 2. The highest BCUT2D eigenvalue weighted by Gasteiger charge is 2.31. The van der Waals surface area contributed by atoms with Gasteiger partial charge in [-0.05, 0) is 70.8 Å². The SMILES string of the molecule is O=C(Nc1ccc(C=Cc2ccc(NC(=O)[C@@H]3C=CCN3C(=O)Cc3ccncc3)cc2)cc1)[C@@H]1C=CCN1C(=O)Cc1ccncc1. The number of aromatic nitrogens is 2. The largest absolute Gasteiger partial charge is 0.324 e. The van der Waals surface area contributed by atoms with Crippen LogP contribution in [0.5, 0.6) is 0 Å². The fraction of sp³-hybridized carbons (Fsp3) is 0.158. The predicted octanol–water partition coefficient (Wildman–Crippen LogP) is 4.54. The first-order valence-electron chi connectivity index (χ1n) is 15.6. The van der Waals surface area contributed by atoms with Gasteiger partial charge in [0, 0.05) is 49.3 Å². The van der Waals surface area contributed by atoms with Gasteiger partial charge in [-0.3, -0.25) is 29.1 Å². The van der Waals surface area contributed by atoms with Crippen molar-refractivity contribution in [3.05, 3.63) is 144 Å². The van der Waals surface area contributed by atoms with Crippen LogP contribution in [0.3, 0.4) is 0 Å². The fourth-order valence-corrected chi connectivity index (χ4v) is 5.55. The Morgan fingerprint density at radius 3 is 1.33 bits per heavy atom. The van der Waals surface area contributed by atoms with Gasteiger partial charge in [0.25, 0.3) is 11.8 Å². The maximum Gasteiger partial charge on any atom is 0.251 e. The molecule has 2 aromatic carbocycles. The number of amides is 4. The summed E-state index contributed by atoms with van der Waals surface area (Å²) >= 11 is 0. The zero-order valence-electron chi connectivity index (χ0n) is 26.1. The second-order valence-electron chi connectivity index (χ2n) is 11.5. The molecule has 0 saturated carbocycles. The molecule has 0 saturated heterocycles.